The number of ether oxygens (including phenoxy) is 1. The van der Waals surface area contributed by atoms with Gasteiger partial charge in [-0.15, -0.1) is 0 Å². The molecule has 0 bridgehead atoms. The molecule has 2 fully saturated rings. The fourth-order valence-corrected chi connectivity index (χ4v) is 7.03. The van der Waals surface area contributed by atoms with E-state index in [-0.39, 0.29) is 23.8 Å². The van der Waals surface area contributed by atoms with Crippen LogP contribution in [0, 0.1) is 6.92 Å². The summed E-state index contributed by atoms with van der Waals surface area (Å²) < 4.78 is 32.9. The maximum absolute atomic E-state index is 13.1. The number of nitrogens with zero attached hydrogens (tertiary/aromatic N) is 5. The van der Waals surface area contributed by atoms with Crippen molar-refractivity contribution in [1.82, 2.24) is 19.2 Å². The number of pyridine rings is 2. The van der Waals surface area contributed by atoms with Crippen molar-refractivity contribution in [2.45, 2.75) is 31.1 Å². The lowest BCUT2D eigenvalue weighted by Crippen LogP contribution is -2.49. The van der Waals surface area contributed by atoms with Gasteiger partial charge in [0.25, 0.3) is 5.91 Å². The first-order valence-corrected chi connectivity index (χ1v) is 16.5. The number of sulfonamides is 1. The van der Waals surface area contributed by atoms with E-state index in [4.69, 9.17) is 4.74 Å². The lowest BCUT2D eigenvalue weighted by atomic mass is 10.1. The molecule has 0 spiro atoms. The molecule has 45 heavy (non-hydrogen) atoms. The Bertz CT molecular complexity index is 1750. The Kier molecular flexibility index (Phi) is 8.90. The van der Waals surface area contributed by atoms with E-state index < -0.39 is 10.0 Å². The van der Waals surface area contributed by atoms with Gasteiger partial charge in [0.05, 0.1) is 4.90 Å². The van der Waals surface area contributed by atoms with Crippen molar-refractivity contribution < 1.29 is 22.7 Å². The fourth-order valence-electron chi connectivity index (χ4n) is 5.51. The number of hydrogen-bond donors (Lipinski definition) is 0. The van der Waals surface area contributed by atoms with Crippen LogP contribution in [0.15, 0.2) is 90.1 Å². The van der Waals surface area contributed by atoms with Crippen molar-refractivity contribution in [1.29, 1.82) is 0 Å². The molecule has 2 saturated heterocycles. The van der Waals surface area contributed by atoms with Crippen molar-refractivity contribution >= 4 is 27.4 Å². The summed E-state index contributed by atoms with van der Waals surface area (Å²) >= 11 is 0. The highest BCUT2D eigenvalue weighted by atomic mass is 32.2. The van der Waals surface area contributed by atoms with Crippen LogP contribution in [0.1, 0.15) is 44.8 Å². The van der Waals surface area contributed by atoms with E-state index >= 15 is 0 Å². The van der Waals surface area contributed by atoms with Crippen LogP contribution in [-0.4, -0.2) is 78.5 Å². The smallest absolute Gasteiger partial charge is 0.272 e. The Morgan fingerprint density at radius 2 is 1.49 bits per heavy atom. The molecular weight excluding hydrogens is 590 g/mol. The third kappa shape index (κ3) is 7.05. The van der Waals surface area contributed by atoms with E-state index in [0.29, 0.717) is 61.4 Å². The van der Waals surface area contributed by atoms with Crippen molar-refractivity contribution in [2.24, 2.45) is 0 Å². The minimum Gasteiger partial charge on any atom is -0.439 e. The van der Waals surface area contributed by atoms with Gasteiger partial charge in [-0.1, -0.05) is 23.8 Å². The number of ketones is 1. The molecule has 0 aliphatic carbocycles. The number of anilines is 1. The van der Waals surface area contributed by atoms with Gasteiger partial charge in [-0.25, -0.2) is 13.4 Å². The molecule has 6 rings (SSSR count). The number of aromatic nitrogens is 2. The quantitative estimate of drug-likeness (QED) is 0.245. The average Bonchev–Trinajstić information content (AvgIpc) is 3.63. The van der Waals surface area contributed by atoms with Gasteiger partial charge in [0.1, 0.15) is 11.4 Å². The Hall–Kier alpha value is -4.61. The normalized spacial score (nSPS) is 15.7. The monoisotopic (exact) mass is 625 g/mol. The molecule has 0 atom stereocenters. The Morgan fingerprint density at radius 3 is 2.11 bits per heavy atom. The van der Waals surface area contributed by atoms with E-state index in [1.54, 1.807) is 45.7 Å². The minimum absolute atomic E-state index is 0.122. The number of Topliss-reactive ketones (excluding diaryl/α,β-unsaturated/α-hetero) is 1. The zero-order valence-electron chi connectivity index (χ0n) is 25.1. The largest absolute Gasteiger partial charge is 0.439 e. The predicted octanol–water partition coefficient (Wildman–Crippen LogP) is 4.75. The second-order valence-electron chi connectivity index (χ2n) is 11.3. The van der Waals surface area contributed by atoms with Gasteiger partial charge >= 0.3 is 0 Å². The summed E-state index contributed by atoms with van der Waals surface area (Å²) in [4.78, 5) is 38.8. The second-order valence-corrected chi connectivity index (χ2v) is 13.3. The molecular formula is C34H35N5O5S. The van der Waals surface area contributed by atoms with E-state index in [1.165, 1.54) is 6.20 Å². The third-order valence-corrected chi connectivity index (χ3v) is 10.1. The number of piperazine rings is 1. The molecule has 1 amide bonds. The standard InChI is InChI=1S/C34H35N5O5S/c1-25-4-10-29(11-5-25)44-33-15-6-26(23-36-33)22-32(40)27-7-14-31(35-24-27)34(41)38-20-18-37(19-21-38)28-8-12-30(13-9-28)45(42,43)39-16-2-3-17-39/h4-15,23-24H,2-3,16-22H2,1H3. The Labute approximate surface area is 263 Å². The number of hydrogen-bond acceptors (Lipinski definition) is 8. The van der Waals surface area contributed by atoms with E-state index in [9.17, 15) is 18.0 Å². The number of carbonyl (C=O) groups excluding carboxylic acids is 2. The van der Waals surface area contributed by atoms with Crippen molar-refractivity contribution in [3.8, 4) is 11.6 Å². The summed E-state index contributed by atoms with van der Waals surface area (Å²) in [6.07, 6.45) is 5.03. The highest BCUT2D eigenvalue weighted by molar-refractivity contribution is 7.89. The summed E-state index contributed by atoms with van der Waals surface area (Å²) in [6.45, 7) is 5.40. The van der Waals surface area contributed by atoms with E-state index in [0.717, 1.165) is 29.7 Å². The van der Waals surface area contributed by atoms with Gasteiger partial charge in [0, 0.05) is 75.4 Å². The van der Waals surface area contributed by atoms with Crippen LogP contribution in [0.25, 0.3) is 0 Å². The van der Waals surface area contributed by atoms with Gasteiger partial charge in [-0.3, -0.25) is 14.6 Å². The molecule has 2 aliphatic heterocycles. The fraction of sp³-hybridized carbons (Fsp3) is 0.294. The van der Waals surface area contributed by atoms with Gasteiger partial charge in [0.2, 0.25) is 15.9 Å². The summed E-state index contributed by atoms with van der Waals surface area (Å²) in [7, 11) is -3.45. The second kappa shape index (κ2) is 13.2. The first-order chi connectivity index (χ1) is 21.8. The summed E-state index contributed by atoms with van der Waals surface area (Å²) in [5.74, 6) is 0.830. The Morgan fingerprint density at radius 1 is 0.778 bits per heavy atom. The van der Waals surface area contributed by atoms with Crippen LogP contribution in [0.5, 0.6) is 11.6 Å². The molecule has 2 aromatic heterocycles. The van der Waals surface area contributed by atoms with Crippen LogP contribution in [0.3, 0.4) is 0 Å². The molecule has 10 nitrogen and oxygen atoms in total. The number of rotatable bonds is 9. The zero-order valence-corrected chi connectivity index (χ0v) is 25.9. The average molecular weight is 626 g/mol. The van der Waals surface area contributed by atoms with Gasteiger partial charge in [0.15, 0.2) is 5.78 Å². The highest BCUT2D eigenvalue weighted by Gasteiger charge is 2.28. The topological polar surface area (TPSA) is 113 Å². The predicted molar refractivity (Wildman–Crippen MR) is 170 cm³/mol. The molecule has 0 N–H and O–H groups in total. The molecule has 4 aromatic rings. The number of benzene rings is 2. The number of amides is 1. The maximum Gasteiger partial charge on any atom is 0.272 e. The maximum atomic E-state index is 13.1. The minimum atomic E-state index is -3.45. The van der Waals surface area contributed by atoms with Crippen LogP contribution < -0.4 is 9.64 Å². The number of aryl methyl sites for hydroxylation is 1. The first-order valence-electron chi connectivity index (χ1n) is 15.1. The lowest BCUT2D eigenvalue weighted by molar-refractivity contribution is 0.0740. The van der Waals surface area contributed by atoms with Gasteiger partial charge in [-0.2, -0.15) is 4.31 Å². The zero-order chi connectivity index (χ0) is 31.4. The molecule has 11 heteroatoms. The summed E-state index contributed by atoms with van der Waals surface area (Å²) in [6, 6.07) is 21.5. The molecule has 0 saturated carbocycles. The van der Waals surface area contributed by atoms with Crippen molar-refractivity contribution in [3.05, 3.63) is 108 Å². The summed E-state index contributed by atoms with van der Waals surface area (Å²) in [5.41, 5.74) is 3.52. The molecule has 0 unspecified atom stereocenters. The summed E-state index contributed by atoms with van der Waals surface area (Å²) in [5, 5.41) is 0. The third-order valence-electron chi connectivity index (χ3n) is 8.18. The molecule has 2 aliphatic rings. The van der Waals surface area contributed by atoms with E-state index in [1.807, 2.05) is 49.4 Å². The first kappa shape index (κ1) is 30.4. The van der Waals surface area contributed by atoms with E-state index in [2.05, 4.69) is 14.9 Å². The van der Waals surface area contributed by atoms with Crippen molar-refractivity contribution in [2.75, 3.05) is 44.2 Å². The van der Waals surface area contributed by atoms with Gasteiger partial charge in [-0.05, 0) is 73.9 Å². The van der Waals surface area contributed by atoms with Crippen LogP contribution in [0.4, 0.5) is 5.69 Å². The van der Waals surface area contributed by atoms with Crippen LogP contribution in [-0.2, 0) is 16.4 Å². The number of carbonyl (C=O) groups is 2. The molecule has 4 heterocycles. The molecule has 2 aromatic carbocycles. The Balaban J connectivity index is 0.996. The van der Waals surface area contributed by atoms with Crippen LogP contribution >= 0.6 is 0 Å². The van der Waals surface area contributed by atoms with Crippen LogP contribution in [0.2, 0.25) is 0 Å². The lowest BCUT2D eigenvalue weighted by Gasteiger charge is -2.36. The molecule has 232 valence electrons. The highest BCUT2D eigenvalue weighted by Crippen LogP contribution is 2.25. The van der Waals surface area contributed by atoms with Gasteiger partial charge < -0.3 is 14.5 Å². The van der Waals surface area contributed by atoms with Crippen molar-refractivity contribution in [3.63, 3.8) is 0 Å². The SMILES string of the molecule is Cc1ccc(Oc2ccc(CC(=O)c3ccc(C(=O)N4CCN(c5ccc(S(=O)(=O)N6CCCC6)cc5)CC4)nc3)cn2)cc1. The molecule has 0 radical (unpaired) electrons.